The molecule has 1 atom stereocenters. The van der Waals surface area contributed by atoms with Crippen molar-refractivity contribution in [1.29, 1.82) is 0 Å². The zero-order chi connectivity index (χ0) is 14.6. The number of rotatable bonds is 4. The number of hydrogen-bond acceptors (Lipinski definition) is 2. The number of nitrogens with one attached hydrogen (secondary N) is 1. The minimum Gasteiger partial charge on any atom is -0.308 e. The minimum atomic E-state index is 0.362. The summed E-state index contributed by atoms with van der Waals surface area (Å²) in [6, 6.07) is 0.835. The zero-order valence-corrected chi connectivity index (χ0v) is 14.3. The van der Waals surface area contributed by atoms with E-state index in [9.17, 15) is 0 Å². The van der Waals surface area contributed by atoms with Gasteiger partial charge in [-0.15, -0.1) is 0 Å². The first-order valence-electron chi connectivity index (χ1n) is 9.11. The van der Waals surface area contributed by atoms with Crippen LogP contribution in [0.3, 0.4) is 0 Å². The third-order valence-electron chi connectivity index (χ3n) is 6.39. The summed E-state index contributed by atoms with van der Waals surface area (Å²) in [5.41, 5.74) is 0.726. The van der Waals surface area contributed by atoms with Crippen LogP contribution in [0.25, 0.3) is 0 Å². The van der Waals surface area contributed by atoms with Gasteiger partial charge >= 0.3 is 0 Å². The highest BCUT2D eigenvalue weighted by Crippen LogP contribution is 2.35. The van der Waals surface area contributed by atoms with Crippen molar-refractivity contribution in [3.05, 3.63) is 0 Å². The summed E-state index contributed by atoms with van der Waals surface area (Å²) in [5.74, 6) is 0. The highest BCUT2D eigenvalue weighted by molar-refractivity contribution is 5.04. The van der Waals surface area contributed by atoms with Crippen molar-refractivity contribution in [2.75, 3.05) is 13.1 Å². The molecule has 2 heteroatoms. The molecule has 0 amide bonds. The van der Waals surface area contributed by atoms with E-state index in [1.54, 1.807) is 0 Å². The fraction of sp³-hybridized carbons (Fsp3) is 1.00. The van der Waals surface area contributed by atoms with Crippen molar-refractivity contribution in [2.45, 2.75) is 103 Å². The second kappa shape index (κ2) is 6.79. The molecule has 0 radical (unpaired) electrons. The number of hydrogen-bond donors (Lipinski definition) is 1. The molecule has 1 aliphatic heterocycles. The van der Waals surface area contributed by atoms with Gasteiger partial charge in [-0.2, -0.15) is 0 Å². The Morgan fingerprint density at radius 1 is 0.950 bits per heavy atom. The lowest BCUT2D eigenvalue weighted by Gasteiger charge is -2.56. The van der Waals surface area contributed by atoms with E-state index in [0.717, 1.165) is 6.04 Å². The van der Waals surface area contributed by atoms with Crippen molar-refractivity contribution in [1.82, 2.24) is 10.2 Å². The smallest absolute Gasteiger partial charge is 0.0307 e. The highest BCUT2D eigenvalue weighted by Gasteiger charge is 2.44. The van der Waals surface area contributed by atoms with Gasteiger partial charge in [0, 0.05) is 30.2 Å². The summed E-state index contributed by atoms with van der Waals surface area (Å²) in [4.78, 5) is 2.92. The Labute approximate surface area is 126 Å². The summed E-state index contributed by atoms with van der Waals surface area (Å²) >= 11 is 0. The molecule has 1 heterocycles. The lowest BCUT2D eigenvalue weighted by molar-refractivity contribution is -0.0271. The average molecular weight is 280 g/mol. The van der Waals surface area contributed by atoms with Gasteiger partial charge in [0.25, 0.3) is 0 Å². The molecule has 2 fully saturated rings. The van der Waals surface area contributed by atoms with Crippen LogP contribution in [-0.2, 0) is 0 Å². The molecular formula is C18H36N2. The van der Waals surface area contributed by atoms with Crippen molar-refractivity contribution >= 4 is 0 Å². The molecule has 0 aromatic carbocycles. The third-order valence-corrected chi connectivity index (χ3v) is 6.39. The summed E-state index contributed by atoms with van der Waals surface area (Å²) in [6.45, 7) is 12.0. The monoisotopic (exact) mass is 280 g/mol. The van der Waals surface area contributed by atoms with Crippen molar-refractivity contribution in [2.24, 2.45) is 0 Å². The molecule has 0 bridgehead atoms. The largest absolute Gasteiger partial charge is 0.308 e. The molecule has 0 aromatic heterocycles. The molecule has 20 heavy (non-hydrogen) atoms. The molecule has 1 N–H and O–H groups in total. The fourth-order valence-electron chi connectivity index (χ4n) is 4.24. The zero-order valence-electron chi connectivity index (χ0n) is 14.3. The Hall–Kier alpha value is -0.0800. The first-order chi connectivity index (χ1) is 9.59. The molecule has 0 aromatic rings. The van der Waals surface area contributed by atoms with E-state index < -0.39 is 0 Å². The lowest BCUT2D eigenvalue weighted by atomic mass is 9.81. The van der Waals surface area contributed by atoms with Crippen LogP contribution in [0, 0.1) is 0 Å². The highest BCUT2D eigenvalue weighted by atomic mass is 15.3. The molecule has 1 aliphatic carbocycles. The van der Waals surface area contributed by atoms with Crippen LogP contribution in [0.2, 0.25) is 0 Å². The molecule has 1 unspecified atom stereocenters. The Balaban J connectivity index is 2.18. The van der Waals surface area contributed by atoms with Crippen molar-refractivity contribution < 1.29 is 0 Å². The van der Waals surface area contributed by atoms with Gasteiger partial charge in [0.15, 0.2) is 0 Å². The summed E-state index contributed by atoms with van der Waals surface area (Å²) in [6.07, 6.45) is 12.4. The molecule has 0 spiro atoms. The van der Waals surface area contributed by atoms with E-state index in [-0.39, 0.29) is 0 Å². The molecule has 1 saturated heterocycles. The predicted octanol–water partition coefficient (Wildman–Crippen LogP) is 4.34. The van der Waals surface area contributed by atoms with Crippen LogP contribution in [0.5, 0.6) is 0 Å². The fourth-order valence-corrected chi connectivity index (χ4v) is 4.24. The van der Waals surface area contributed by atoms with Crippen LogP contribution in [0.1, 0.15) is 85.5 Å². The van der Waals surface area contributed by atoms with E-state index in [1.807, 2.05) is 0 Å². The lowest BCUT2D eigenvalue weighted by Crippen LogP contribution is -2.70. The first kappa shape index (κ1) is 16.3. The van der Waals surface area contributed by atoms with E-state index in [4.69, 9.17) is 0 Å². The molecule has 118 valence electrons. The second-order valence-electron chi connectivity index (χ2n) is 7.46. The third kappa shape index (κ3) is 3.22. The van der Waals surface area contributed by atoms with Crippen LogP contribution in [-0.4, -0.2) is 35.1 Å². The van der Waals surface area contributed by atoms with Gasteiger partial charge in [-0.1, -0.05) is 46.5 Å². The summed E-state index contributed by atoms with van der Waals surface area (Å²) in [7, 11) is 0. The molecule has 2 nitrogen and oxygen atoms in total. The quantitative estimate of drug-likeness (QED) is 0.771. The number of piperazine rings is 1. The number of nitrogens with zero attached hydrogens (tertiary/aromatic N) is 1. The van der Waals surface area contributed by atoms with Crippen molar-refractivity contribution in [3.8, 4) is 0 Å². The van der Waals surface area contributed by atoms with Gasteiger partial charge in [0.1, 0.15) is 0 Å². The standard InChI is InChI=1S/C18H36N2/c1-5-17(4)14-19-18(6-2,7-3)15-20(17)16-12-10-8-9-11-13-16/h16,19H,5-15H2,1-4H3. The first-order valence-corrected chi connectivity index (χ1v) is 9.11. The maximum Gasteiger partial charge on any atom is 0.0307 e. The van der Waals surface area contributed by atoms with Gasteiger partial charge in [-0.3, -0.25) is 4.90 Å². The molecule has 2 aliphatic rings. The summed E-state index contributed by atoms with van der Waals surface area (Å²) < 4.78 is 0. The van der Waals surface area contributed by atoms with Crippen LogP contribution >= 0.6 is 0 Å². The summed E-state index contributed by atoms with van der Waals surface area (Å²) in [5, 5.41) is 3.92. The predicted molar refractivity (Wildman–Crippen MR) is 88.2 cm³/mol. The topological polar surface area (TPSA) is 15.3 Å². The van der Waals surface area contributed by atoms with Crippen LogP contribution in [0.15, 0.2) is 0 Å². The van der Waals surface area contributed by atoms with Crippen LogP contribution < -0.4 is 5.32 Å². The van der Waals surface area contributed by atoms with Gasteiger partial charge in [-0.25, -0.2) is 0 Å². The van der Waals surface area contributed by atoms with Gasteiger partial charge in [0.2, 0.25) is 0 Å². The van der Waals surface area contributed by atoms with E-state index in [1.165, 1.54) is 70.9 Å². The Bertz CT molecular complexity index is 290. The molecule has 2 rings (SSSR count). The van der Waals surface area contributed by atoms with E-state index in [0.29, 0.717) is 11.1 Å². The maximum atomic E-state index is 3.92. The molecular weight excluding hydrogens is 244 g/mol. The second-order valence-corrected chi connectivity index (χ2v) is 7.46. The maximum absolute atomic E-state index is 3.92. The van der Waals surface area contributed by atoms with Crippen LogP contribution in [0.4, 0.5) is 0 Å². The Morgan fingerprint density at radius 3 is 2.05 bits per heavy atom. The Kier molecular flexibility index (Phi) is 5.53. The van der Waals surface area contributed by atoms with Gasteiger partial charge in [-0.05, 0) is 39.0 Å². The average Bonchev–Trinajstić information content (AvgIpc) is 2.77. The van der Waals surface area contributed by atoms with Crippen molar-refractivity contribution in [3.63, 3.8) is 0 Å². The van der Waals surface area contributed by atoms with Gasteiger partial charge in [0.05, 0.1) is 0 Å². The SMILES string of the molecule is CCC1(CC)CN(C2CCCCCC2)C(C)(CC)CN1. The Morgan fingerprint density at radius 2 is 1.55 bits per heavy atom. The minimum absolute atomic E-state index is 0.362. The normalized spacial score (nSPS) is 33.0. The van der Waals surface area contributed by atoms with E-state index >= 15 is 0 Å². The molecule has 1 saturated carbocycles. The van der Waals surface area contributed by atoms with E-state index in [2.05, 4.69) is 37.9 Å². The van der Waals surface area contributed by atoms with Gasteiger partial charge < -0.3 is 5.32 Å².